The van der Waals surface area contributed by atoms with Crippen LogP contribution in [0.4, 0.5) is 0 Å². The van der Waals surface area contributed by atoms with Crippen LogP contribution in [0.2, 0.25) is 0 Å². The van der Waals surface area contributed by atoms with Gasteiger partial charge in [-0.2, -0.15) is 0 Å². The van der Waals surface area contributed by atoms with Crippen molar-refractivity contribution in [2.24, 2.45) is 0 Å². The van der Waals surface area contributed by atoms with Gasteiger partial charge in [0, 0.05) is 0 Å². The molecule has 0 saturated carbocycles. The molecule has 0 aliphatic carbocycles. The number of unbranched alkanes of at least 4 members (excludes halogenated alkanes) is 9. The highest BCUT2D eigenvalue weighted by molar-refractivity contribution is 5.25. The highest BCUT2D eigenvalue weighted by Gasteiger charge is 1.95. The third-order valence-corrected chi connectivity index (χ3v) is 3.96. The normalized spacial score (nSPS) is 12.6. The van der Waals surface area contributed by atoms with Crippen molar-refractivity contribution in [3.05, 3.63) is 29.8 Å². The predicted molar refractivity (Wildman–Crippen MR) is 94.5 cm³/mol. The van der Waals surface area contributed by atoms with E-state index in [9.17, 15) is 5.11 Å². The zero-order chi connectivity index (χ0) is 15.9. The second-order valence-corrected chi connectivity index (χ2v) is 6.21. The minimum absolute atomic E-state index is 0.367. The molecule has 1 aromatic rings. The SMILES string of the molecule is C1CO1.CCCCCCCCCCCCc1ccc(O)cc1. The third-order valence-electron chi connectivity index (χ3n) is 3.96. The van der Waals surface area contributed by atoms with Crippen molar-refractivity contribution in [3.8, 4) is 5.75 Å². The summed E-state index contributed by atoms with van der Waals surface area (Å²) in [5, 5.41) is 9.20. The van der Waals surface area contributed by atoms with Gasteiger partial charge in [-0.25, -0.2) is 0 Å². The van der Waals surface area contributed by atoms with Crippen molar-refractivity contribution in [2.45, 2.75) is 77.6 Å². The number of phenolic OH excluding ortho intramolecular Hbond substituents is 1. The topological polar surface area (TPSA) is 32.8 Å². The number of aromatic hydroxyl groups is 1. The molecular formula is C20H34O2. The molecule has 1 aliphatic heterocycles. The van der Waals surface area contributed by atoms with Crippen molar-refractivity contribution in [1.29, 1.82) is 0 Å². The molecule has 22 heavy (non-hydrogen) atoms. The smallest absolute Gasteiger partial charge is 0.115 e. The number of benzene rings is 1. The van der Waals surface area contributed by atoms with Crippen LogP contribution in [-0.4, -0.2) is 18.3 Å². The molecule has 2 rings (SSSR count). The molecule has 0 radical (unpaired) electrons. The summed E-state index contributed by atoms with van der Waals surface area (Å²) in [6, 6.07) is 7.63. The molecule has 1 heterocycles. The van der Waals surface area contributed by atoms with Crippen LogP contribution in [0, 0.1) is 0 Å². The van der Waals surface area contributed by atoms with Gasteiger partial charge in [-0.3, -0.25) is 0 Å². The van der Waals surface area contributed by atoms with E-state index in [2.05, 4.69) is 11.7 Å². The first-order valence-corrected chi connectivity index (χ1v) is 9.18. The predicted octanol–water partition coefficient (Wildman–Crippen LogP) is 5.87. The van der Waals surface area contributed by atoms with Crippen molar-refractivity contribution >= 4 is 0 Å². The first-order valence-electron chi connectivity index (χ1n) is 9.18. The second kappa shape index (κ2) is 13.6. The van der Waals surface area contributed by atoms with Gasteiger partial charge in [0.2, 0.25) is 0 Å². The first-order chi connectivity index (χ1) is 10.8. The standard InChI is InChI=1S/C18H30O.C2H4O/c1-2-3-4-5-6-7-8-9-10-11-12-17-13-15-18(19)16-14-17;1-2-3-1/h13-16,19H,2-12H2,1H3;1-2H2. The van der Waals surface area contributed by atoms with Crippen LogP contribution in [0.5, 0.6) is 5.75 Å². The van der Waals surface area contributed by atoms with Crippen molar-refractivity contribution < 1.29 is 9.84 Å². The summed E-state index contributed by atoms with van der Waals surface area (Å²) in [6.07, 6.45) is 15.0. The van der Waals surface area contributed by atoms with Gasteiger partial charge >= 0.3 is 0 Å². The van der Waals surface area contributed by atoms with Gasteiger partial charge in [0.1, 0.15) is 5.75 Å². The molecule has 0 bridgehead atoms. The van der Waals surface area contributed by atoms with Crippen molar-refractivity contribution in [3.63, 3.8) is 0 Å². The Kier molecular flexibility index (Phi) is 11.8. The number of ether oxygens (including phenoxy) is 1. The number of aryl methyl sites for hydroxylation is 1. The largest absolute Gasteiger partial charge is 0.508 e. The molecule has 0 unspecified atom stereocenters. The van der Waals surface area contributed by atoms with E-state index in [4.69, 9.17) is 0 Å². The van der Waals surface area contributed by atoms with Crippen LogP contribution in [0.25, 0.3) is 0 Å². The average Bonchev–Trinajstić information content (AvgIpc) is 3.40. The summed E-state index contributed by atoms with van der Waals surface area (Å²) in [7, 11) is 0. The van der Waals surface area contributed by atoms with E-state index >= 15 is 0 Å². The molecule has 1 fully saturated rings. The Hall–Kier alpha value is -1.02. The van der Waals surface area contributed by atoms with Crippen LogP contribution >= 0.6 is 0 Å². The van der Waals surface area contributed by atoms with Crippen molar-refractivity contribution in [1.82, 2.24) is 0 Å². The van der Waals surface area contributed by atoms with Crippen LogP contribution in [0.3, 0.4) is 0 Å². The highest BCUT2D eigenvalue weighted by atomic mass is 16.6. The Morgan fingerprint density at radius 1 is 0.773 bits per heavy atom. The summed E-state index contributed by atoms with van der Waals surface area (Å²) in [4.78, 5) is 0. The molecule has 2 heteroatoms. The number of hydrogen-bond donors (Lipinski definition) is 1. The van der Waals surface area contributed by atoms with Crippen LogP contribution in [0.1, 0.15) is 76.7 Å². The Balaban J connectivity index is 0.000000714. The van der Waals surface area contributed by atoms with Gasteiger partial charge < -0.3 is 9.84 Å². The van der Waals surface area contributed by atoms with Gasteiger partial charge in [0.15, 0.2) is 0 Å². The summed E-state index contributed by atoms with van der Waals surface area (Å²) in [5.41, 5.74) is 1.34. The lowest BCUT2D eigenvalue weighted by molar-refractivity contribution is 0.475. The fourth-order valence-corrected chi connectivity index (χ4v) is 2.48. The number of rotatable bonds is 11. The molecule has 126 valence electrons. The quantitative estimate of drug-likeness (QED) is 0.409. The molecule has 0 amide bonds. The van der Waals surface area contributed by atoms with E-state index in [0.717, 1.165) is 19.6 Å². The number of hydrogen-bond acceptors (Lipinski definition) is 2. The summed E-state index contributed by atoms with van der Waals surface area (Å²) < 4.78 is 4.50. The zero-order valence-electron chi connectivity index (χ0n) is 14.4. The molecule has 1 N–H and O–H groups in total. The van der Waals surface area contributed by atoms with E-state index in [1.165, 1.54) is 69.8 Å². The fourth-order valence-electron chi connectivity index (χ4n) is 2.48. The van der Waals surface area contributed by atoms with E-state index in [0.29, 0.717) is 5.75 Å². The van der Waals surface area contributed by atoms with Gasteiger partial charge in [-0.05, 0) is 30.5 Å². The monoisotopic (exact) mass is 306 g/mol. The Bertz CT molecular complexity index is 340. The maximum atomic E-state index is 9.20. The van der Waals surface area contributed by atoms with Gasteiger partial charge in [-0.1, -0.05) is 76.8 Å². The first kappa shape index (κ1) is 19.0. The van der Waals surface area contributed by atoms with E-state index in [1.807, 2.05) is 12.1 Å². The third kappa shape index (κ3) is 12.7. The second-order valence-electron chi connectivity index (χ2n) is 6.21. The minimum atomic E-state index is 0.367. The lowest BCUT2D eigenvalue weighted by atomic mass is 10.0. The van der Waals surface area contributed by atoms with Crippen LogP contribution < -0.4 is 0 Å². The highest BCUT2D eigenvalue weighted by Crippen LogP contribution is 2.14. The Morgan fingerprint density at radius 3 is 1.68 bits per heavy atom. The lowest BCUT2D eigenvalue weighted by Crippen LogP contribution is -1.86. The molecule has 1 aliphatic rings. The Labute approximate surface area is 136 Å². The Morgan fingerprint density at radius 2 is 1.23 bits per heavy atom. The molecule has 0 spiro atoms. The van der Waals surface area contributed by atoms with Crippen molar-refractivity contribution in [2.75, 3.05) is 13.2 Å². The molecular weight excluding hydrogens is 272 g/mol. The van der Waals surface area contributed by atoms with Crippen LogP contribution in [0.15, 0.2) is 24.3 Å². The average molecular weight is 306 g/mol. The van der Waals surface area contributed by atoms with E-state index < -0.39 is 0 Å². The molecule has 2 nitrogen and oxygen atoms in total. The van der Waals surface area contributed by atoms with Gasteiger partial charge in [0.25, 0.3) is 0 Å². The zero-order valence-corrected chi connectivity index (χ0v) is 14.4. The maximum absolute atomic E-state index is 9.20. The summed E-state index contributed by atoms with van der Waals surface area (Å²) in [5.74, 6) is 0.367. The van der Waals surface area contributed by atoms with Crippen LogP contribution in [-0.2, 0) is 11.2 Å². The summed E-state index contributed by atoms with van der Waals surface area (Å²) in [6.45, 7) is 4.27. The number of phenols is 1. The molecule has 1 aromatic carbocycles. The summed E-state index contributed by atoms with van der Waals surface area (Å²) >= 11 is 0. The molecule has 0 atom stereocenters. The maximum Gasteiger partial charge on any atom is 0.115 e. The van der Waals surface area contributed by atoms with Gasteiger partial charge in [-0.15, -0.1) is 0 Å². The fraction of sp³-hybridized carbons (Fsp3) is 0.700. The molecule has 1 saturated heterocycles. The minimum Gasteiger partial charge on any atom is -0.508 e. The molecule has 0 aromatic heterocycles. The van der Waals surface area contributed by atoms with Gasteiger partial charge in [0.05, 0.1) is 13.2 Å². The number of epoxide rings is 1. The lowest BCUT2D eigenvalue weighted by Gasteiger charge is -2.03. The van der Waals surface area contributed by atoms with E-state index in [-0.39, 0.29) is 0 Å². The van der Waals surface area contributed by atoms with E-state index in [1.54, 1.807) is 12.1 Å².